The van der Waals surface area contributed by atoms with Crippen LogP contribution in [0.5, 0.6) is 0 Å². The first-order valence-corrected chi connectivity index (χ1v) is 6.91. The van der Waals surface area contributed by atoms with Gasteiger partial charge in [0.15, 0.2) is 0 Å². The number of hydrogen-bond acceptors (Lipinski definition) is 5. The Hall–Kier alpha value is -1.35. The van der Waals surface area contributed by atoms with Crippen molar-refractivity contribution in [2.75, 3.05) is 6.61 Å². The number of hydrogen-bond donors (Lipinski definition) is 3. The van der Waals surface area contributed by atoms with Crippen molar-refractivity contribution in [2.24, 2.45) is 5.92 Å². The van der Waals surface area contributed by atoms with Crippen molar-refractivity contribution in [1.29, 1.82) is 0 Å². The Labute approximate surface area is 106 Å². The number of carboxylic acid groups (broad SMARTS) is 1. The summed E-state index contributed by atoms with van der Waals surface area (Å²) < 4.78 is 30.8. The first-order chi connectivity index (χ1) is 8.23. The van der Waals surface area contributed by atoms with Gasteiger partial charge in [-0.05, 0) is 12.8 Å². The zero-order valence-corrected chi connectivity index (χ0v) is 11.3. The zero-order chi connectivity index (χ0) is 14.3. The zero-order valence-electron chi connectivity index (χ0n) is 10.5. The van der Waals surface area contributed by atoms with E-state index in [2.05, 4.69) is 4.74 Å². The highest BCUT2D eigenvalue weighted by Crippen LogP contribution is 2.08. The molecule has 0 aliphatic rings. The number of nitrogens with one attached hydrogen (secondary N) is 2. The molecule has 3 N–H and O–H groups in total. The highest BCUT2D eigenvalue weighted by Gasteiger charge is 2.29. The molecule has 18 heavy (non-hydrogen) atoms. The third-order valence-corrected chi connectivity index (χ3v) is 3.25. The molecule has 0 rings (SSSR count). The molecule has 0 aliphatic carbocycles. The van der Waals surface area contributed by atoms with E-state index < -0.39 is 34.2 Å². The lowest BCUT2D eigenvalue weighted by Crippen LogP contribution is -2.50. The third kappa shape index (κ3) is 5.82. The number of carbonyl (C=O) groups is 2. The fourth-order valence-corrected chi connectivity index (χ4v) is 2.12. The summed E-state index contributed by atoms with van der Waals surface area (Å²) in [5, 5.41) is 8.90. The van der Waals surface area contributed by atoms with Crippen molar-refractivity contribution in [1.82, 2.24) is 9.44 Å². The molecule has 0 fully saturated rings. The fraction of sp³-hybridized carbons (Fsp3) is 0.778. The largest absolute Gasteiger partial charge is 0.480 e. The van der Waals surface area contributed by atoms with Gasteiger partial charge in [-0.3, -0.25) is 4.79 Å². The van der Waals surface area contributed by atoms with Crippen molar-refractivity contribution >= 4 is 22.3 Å². The summed E-state index contributed by atoms with van der Waals surface area (Å²) in [6, 6.07) is -1.30. The average molecular weight is 282 g/mol. The van der Waals surface area contributed by atoms with Gasteiger partial charge in [0, 0.05) is 0 Å². The second kappa shape index (κ2) is 7.17. The van der Waals surface area contributed by atoms with E-state index in [0.717, 1.165) is 0 Å². The molecule has 0 spiro atoms. The molecule has 0 aromatic carbocycles. The standard InChI is InChI=1S/C9H18N2O6S/c1-4-6(3)7(8(12)13)10-18(15,16)11-9(14)17-5-2/h6-7,10H,4-5H2,1-3H3,(H,11,14)(H,12,13)/t6-,7-/m0/s1. The summed E-state index contributed by atoms with van der Waals surface area (Å²) in [7, 11) is -4.26. The first-order valence-electron chi connectivity index (χ1n) is 5.43. The maximum Gasteiger partial charge on any atom is 0.421 e. The van der Waals surface area contributed by atoms with Gasteiger partial charge in [0.25, 0.3) is 0 Å². The Morgan fingerprint density at radius 3 is 2.28 bits per heavy atom. The minimum Gasteiger partial charge on any atom is -0.480 e. The van der Waals surface area contributed by atoms with E-state index in [1.54, 1.807) is 18.6 Å². The van der Waals surface area contributed by atoms with E-state index in [0.29, 0.717) is 6.42 Å². The smallest absolute Gasteiger partial charge is 0.421 e. The van der Waals surface area contributed by atoms with Crippen LogP contribution in [-0.4, -0.2) is 38.2 Å². The summed E-state index contributed by atoms with van der Waals surface area (Å²) in [6.45, 7) is 4.84. The quantitative estimate of drug-likeness (QED) is 0.607. The second-order valence-corrected chi connectivity index (χ2v) is 5.09. The maximum absolute atomic E-state index is 11.5. The van der Waals surface area contributed by atoms with Crippen LogP contribution in [-0.2, 0) is 19.7 Å². The van der Waals surface area contributed by atoms with E-state index in [1.165, 1.54) is 6.92 Å². The molecule has 0 saturated carbocycles. The van der Waals surface area contributed by atoms with Crippen molar-refractivity contribution in [2.45, 2.75) is 33.2 Å². The number of ether oxygens (including phenoxy) is 1. The lowest BCUT2D eigenvalue weighted by atomic mass is 10.0. The number of rotatable bonds is 7. The van der Waals surface area contributed by atoms with Gasteiger partial charge < -0.3 is 9.84 Å². The van der Waals surface area contributed by atoms with Crippen molar-refractivity contribution in [3.8, 4) is 0 Å². The van der Waals surface area contributed by atoms with Crippen LogP contribution in [0.25, 0.3) is 0 Å². The van der Waals surface area contributed by atoms with Gasteiger partial charge in [-0.25, -0.2) is 9.52 Å². The SMILES string of the molecule is CCOC(=O)NS(=O)(=O)N[C@H](C(=O)O)[C@@H](C)CC. The monoisotopic (exact) mass is 282 g/mol. The summed E-state index contributed by atoms with van der Waals surface area (Å²) in [5.74, 6) is -1.72. The van der Waals surface area contributed by atoms with Gasteiger partial charge >= 0.3 is 22.3 Å². The first kappa shape index (κ1) is 16.6. The Morgan fingerprint density at radius 1 is 1.33 bits per heavy atom. The predicted octanol–water partition coefficient (Wildman–Crippen LogP) is 0.0662. The Bertz CT molecular complexity index is 394. The highest BCUT2D eigenvalue weighted by atomic mass is 32.2. The minimum atomic E-state index is -4.26. The molecule has 2 atom stereocenters. The maximum atomic E-state index is 11.5. The molecule has 0 bridgehead atoms. The van der Waals surface area contributed by atoms with Gasteiger partial charge in [0.05, 0.1) is 6.61 Å². The van der Waals surface area contributed by atoms with E-state index in [-0.39, 0.29) is 6.61 Å². The number of aliphatic carboxylic acids is 1. The Morgan fingerprint density at radius 2 is 1.89 bits per heavy atom. The molecule has 106 valence electrons. The van der Waals surface area contributed by atoms with Crippen LogP contribution in [0.4, 0.5) is 4.79 Å². The Kier molecular flexibility index (Phi) is 6.63. The molecule has 0 saturated heterocycles. The topological polar surface area (TPSA) is 122 Å². The molecule has 0 aromatic rings. The van der Waals surface area contributed by atoms with Crippen LogP contribution in [0, 0.1) is 5.92 Å². The molecule has 0 radical (unpaired) electrons. The van der Waals surface area contributed by atoms with Gasteiger partial charge in [-0.15, -0.1) is 0 Å². The van der Waals surface area contributed by atoms with Crippen LogP contribution in [0.3, 0.4) is 0 Å². The van der Waals surface area contributed by atoms with Gasteiger partial charge in [-0.2, -0.15) is 13.1 Å². The van der Waals surface area contributed by atoms with Crippen LogP contribution >= 0.6 is 0 Å². The van der Waals surface area contributed by atoms with E-state index in [4.69, 9.17) is 5.11 Å². The molecular weight excluding hydrogens is 264 g/mol. The van der Waals surface area contributed by atoms with E-state index in [1.807, 2.05) is 4.72 Å². The van der Waals surface area contributed by atoms with Gasteiger partial charge in [0.1, 0.15) is 6.04 Å². The highest BCUT2D eigenvalue weighted by molar-refractivity contribution is 7.88. The molecule has 1 amide bonds. The van der Waals surface area contributed by atoms with Crippen molar-refractivity contribution < 1.29 is 27.9 Å². The fourth-order valence-electron chi connectivity index (χ4n) is 1.11. The number of amides is 1. The van der Waals surface area contributed by atoms with E-state index in [9.17, 15) is 18.0 Å². The van der Waals surface area contributed by atoms with Gasteiger partial charge in [-0.1, -0.05) is 20.3 Å². The van der Waals surface area contributed by atoms with Crippen molar-refractivity contribution in [3.05, 3.63) is 0 Å². The molecule has 8 nitrogen and oxygen atoms in total. The lowest BCUT2D eigenvalue weighted by molar-refractivity contribution is -0.140. The molecule has 0 unspecified atom stereocenters. The summed E-state index contributed by atoms with van der Waals surface area (Å²) in [5.41, 5.74) is 0. The van der Waals surface area contributed by atoms with Gasteiger partial charge in [0.2, 0.25) is 0 Å². The van der Waals surface area contributed by atoms with Crippen LogP contribution in [0.1, 0.15) is 27.2 Å². The molecular formula is C9H18N2O6S. The lowest BCUT2D eigenvalue weighted by Gasteiger charge is -2.19. The minimum absolute atomic E-state index is 0.00900. The summed E-state index contributed by atoms with van der Waals surface area (Å²) in [6.07, 6.45) is -0.683. The van der Waals surface area contributed by atoms with Crippen LogP contribution < -0.4 is 9.44 Å². The van der Waals surface area contributed by atoms with E-state index >= 15 is 0 Å². The normalized spacial score (nSPS) is 14.6. The van der Waals surface area contributed by atoms with Crippen LogP contribution in [0.2, 0.25) is 0 Å². The van der Waals surface area contributed by atoms with Crippen LogP contribution in [0.15, 0.2) is 0 Å². The number of carbonyl (C=O) groups excluding carboxylic acids is 1. The second-order valence-electron chi connectivity index (χ2n) is 3.65. The predicted molar refractivity (Wildman–Crippen MR) is 63.1 cm³/mol. The third-order valence-electron chi connectivity index (χ3n) is 2.25. The number of carboxylic acids is 1. The van der Waals surface area contributed by atoms with Crippen molar-refractivity contribution in [3.63, 3.8) is 0 Å². The average Bonchev–Trinajstić information content (AvgIpc) is 2.24. The summed E-state index contributed by atoms with van der Waals surface area (Å²) in [4.78, 5) is 21.9. The molecule has 0 heterocycles. The molecule has 0 aromatic heterocycles. The summed E-state index contributed by atoms with van der Waals surface area (Å²) >= 11 is 0. The molecule has 9 heteroatoms. The Balaban J connectivity index is 4.72. The molecule has 0 aliphatic heterocycles.